The molecule has 0 bridgehead atoms. The zero-order valence-corrected chi connectivity index (χ0v) is 9.33. The Balaban J connectivity index is 2.41. The fourth-order valence-electron chi connectivity index (χ4n) is 1.71. The molecular formula is C12H15NO2. The molecule has 0 atom stereocenters. The molecule has 1 aromatic heterocycles. The van der Waals surface area contributed by atoms with E-state index in [1.165, 1.54) is 5.56 Å². The molecule has 1 heterocycles. The van der Waals surface area contributed by atoms with Crippen LogP contribution >= 0.6 is 0 Å². The smallest absolute Gasteiger partial charge is 0.197 e. The van der Waals surface area contributed by atoms with Crippen molar-refractivity contribution in [2.24, 2.45) is 0 Å². The third-order valence-corrected chi connectivity index (χ3v) is 2.39. The van der Waals surface area contributed by atoms with Gasteiger partial charge in [0.25, 0.3) is 0 Å². The van der Waals surface area contributed by atoms with E-state index in [0.29, 0.717) is 6.61 Å². The Kier molecular flexibility index (Phi) is 2.73. The minimum atomic E-state index is 0.644. The molecule has 0 saturated carbocycles. The minimum absolute atomic E-state index is 0.644. The highest BCUT2D eigenvalue weighted by atomic mass is 16.5. The Bertz CT molecular complexity index is 474. The third kappa shape index (κ3) is 2.02. The first-order chi connectivity index (χ1) is 7.20. The third-order valence-electron chi connectivity index (χ3n) is 2.39. The largest absolute Gasteiger partial charge is 0.441 e. The second kappa shape index (κ2) is 4.03. The van der Waals surface area contributed by atoms with Crippen LogP contribution in [0.3, 0.4) is 0 Å². The summed E-state index contributed by atoms with van der Waals surface area (Å²) in [5.74, 6) is 0.751. The quantitative estimate of drug-likeness (QED) is 0.772. The lowest BCUT2D eigenvalue weighted by atomic mass is 10.1. The van der Waals surface area contributed by atoms with E-state index in [2.05, 4.69) is 24.9 Å². The monoisotopic (exact) mass is 205 g/mol. The summed E-state index contributed by atoms with van der Waals surface area (Å²) < 4.78 is 10.6. The lowest BCUT2D eigenvalue weighted by Crippen LogP contribution is -1.93. The highest BCUT2D eigenvalue weighted by Gasteiger charge is 2.08. The molecule has 1 aromatic carbocycles. The van der Waals surface area contributed by atoms with Gasteiger partial charge in [0.1, 0.15) is 5.52 Å². The topological polar surface area (TPSA) is 35.3 Å². The number of benzene rings is 1. The molecule has 0 saturated heterocycles. The maximum Gasteiger partial charge on any atom is 0.197 e. The van der Waals surface area contributed by atoms with Crippen LogP contribution in [0.5, 0.6) is 0 Å². The van der Waals surface area contributed by atoms with Gasteiger partial charge in [-0.25, -0.2) is 4.98 Å². The van der Waals surface area contributed by atoms with Gasteiger partial charge in [-0.3, -0.25) is 0 Å². The SMILES string of the molecule is COCCc1nc2c(C)cc(C)cc2o1. The normalized spacial score (nSPS) is 11.1. The number of hydrogen-bond acceptors (Lipinski definition) is 3. The van der Waals surface area contributed by atoms with E-state index >= 15 is 0 Å². The predicted molar refractivity (Wildman–Crippen MR) is 59.1 cm³/mol. The summed E-state index contributed by atoms with van der Waals surface area (Å²) in [4.78, 5) is 4.44. The highest BCUT2D eigenvalue weighted by molar-refractivity contribution is 5.77. The van der Waals surface area contributed by atoms with Crippen molar-refractivity contribution in [2.75, 3.05) is 13.7 Å². The van der Waals surface area contributed by atoms with Gasteiger partial charge < -0.3 is 9.15 Å². The van der Waals surface area contributed by atoms with E-state index in [9.17, 15) is 0 Å². The Morgan fingerprint density at radius 3 is 2.87 bits per heavy atom. The summed E-state index contributed by atoms with van der Waals surface area (Å²) in [5.41, 5.74) is 4.21. The number of aryl methyl sites for hydroxylation is 2. The second-order valence-electron chi connectivity index (χ2n) is 3.78. The van der Waals surface area contributed by atoms with E-state index in [-0.39, 0.29) is 0 Å². The Morgan fingerprint density at radius 1 is 1.33 bits per heavy atom. The number of nitrogens with zero attached hydrogens (tertiary/aromatic N) is 1. The van der Waals surface area contributed by atoms with Gasteiger partial charge in [-0.15, -0.1) is 0 Å². The van der Waals surface area contributed by atoms with Crippen molar-refractivity contribution in [1.82, 2.24) is 4.98 Å². The summed E-state index contributed by atoms with van der Waals surface area (Å²) in [6, 6.07) is 4.14. The molecule has 3 heteroatoms. The van der Waals surface area contributed by atoms with Crippen LogP contribution in [0.25, 0.3) is 11.1 Å². The number of oxazole rings is 1. The van der Waals surface area contributed by atoms with Gasteiger partial charge in [0.15, 0.2) is 11.5 Å². The van der Waals surface area contributed by atoms with Crippen LogP contribution in [0.2, 0.25) is 0 Å². The first-order valence-corrected chi connectivity index (χ1v) is 5.06. The molecule has 0 aliphatic rings. The van der Waals surface area contributed by atoms with Crippen molar-refractivity contribution in [2.45, 2.75) is 20.3 Å². The first kappa shape index (κ1) is 10.2. The number of aromatic nitrogens is 1. The predicted octanol–water partition coefficient (Wildman–Crippen LogP) is 2.63. The van der Waals surface area contributed by atoms with Gasteiger partial charge in [0, 0.05) is 13.5 Å². The van der Waals surface area contributed by atoms with Crippen molar-refractivity contribution in [3.05, 3.63) is 29.2 Å². The number of hydrogen-bond donors (Lipinski definition) is 0. The van der Waals surface area contributed by atoms with Crippen molar-refractivity contribution in [3.63, 3.8) is 0 Å². The van der Waals surface area contributed by atoms with Crippen molar-refractivity contribution < 1.29 is 9.15 Å². The van der Waals surface area contributed by atoms with Crippen molar-refractivity contribution >= 4 is 11.1 Å². The molecule has 0 unspecified atom stereocenters. The van der Waals surface area contributed by atoms with Crippen LogP contribution < -0.4 is 0 Å². The van der Waals surface area contributed by atoms with E-state index in [1.54, 1.807) is 7.11 Å². The summed E-state index contributed by atoms with van der Waals surface area (Å²) in [7, 11) is 1.68. The Morgan fingerprint density at radius 2 is 2.13 bits per heavy atom. The molecular weight excluding hydrogens is 190 g/mol. The number of rotatable bonds is 3. The molecule has 0 fully saturated rings. The number of methoxy groups -OCH3 is 1. The molecule has 15 heavy (non-hydrogen) atoms. The van der Waals surface area contributed by atoms with Crippen LogP contribution in [0.1, 0.15) is 17.0 Å². The first-order valence-electron chi connectivity index (χ1n) is 5.06. The fourth-order valence-corrected chi connectivity index (χ4v) is 1.71. The molecule has 0 amide bonds. The molecule has 0 spiro atoms. The molecule has 2 aromatic rings. The molecule has 0 aliphatic carbocycles. The van der Waals surface area contributed by atoms with Crippen LogP contribution in [-0.2, 0) is 11.2 Å². The summed E-state index contributed by atoms with van der Waals surface area (Å²) in [6.45, 7) is 4.76. The highest BCUT2D eigenvalue weighted by Crippen LogP contribution is 2.21. The second-order valence-corrected chi connectivity index (χ2v) is 3.78. The summed E-state index contributed by atoms with van der Waals surface area (Å²) in [6.07, 6.45) is 0.726. The molecule has 0 N–H and O–H groups in total. The van der Waals surface area contributed by atoms with E-state index in [4.69, 9.17) is 9.15 Å². The standard InChI is InChI=1S/C12H15NO2/c1-8-6-9(2)12-10(7-8)15-11(13-12)4-5-14-3/h6-7H,4-5H2,1-3H3. The van der Waals surface area contributed by atoms with Gasteiger partial charge in [-0.1, -0.05) is 6.07 Å². The van der Waals surface area contributed by atoms with E-state index in [1.807, 2.05) is 6.07 Å². The Hall–Kier alpha value is -1.35. The van der Waals surface area contributed by atoms with Crippen LogP contribution in [-0.4, -0.2) is 18.7 Å². The number of fused-ring (bicyclic) bond motifs is 1. The van der Waals surface area contributed by atoms with Crippen molar-refractivity contribution in [1.29, 1.82) is 0 Å². The van der Waals surface area contributed by atoms with E-state index in [0.717, 1.165) is 29.0 Å². The molecule has 80 valence electrons. The summed E-state index contributed by atoms with van der Waals surface area (Å²) >= 11 is 0. The van der Waals surface area contributed by atoms with Crippen LogP contribution in [0, 0.1) is 13.8 Å². The maximum absolute atomic E-state index is 5.64. The van der Waals surface area contributed by atoms with Gasteiger partial charge >= 0.3 is 0 Å². The molecule has 0 radical (unpaired) electrons. The molecule has 3 nitrogen and oxygen atoms in total. The average molecular weight is 205 g/mol. The van der Waals surface area contributed by atoms with Gasteiger partial charge in [0.05, 0.1) is 6.61 Å². The lowest BCUT2D eigenvalue weighted by Gasteiger charge is -1.94. The van der Waals surface area contributed by atoms with Crippen molar-refractivity contribution in [3.8, 4) is 0 Å². The minimum Gasteiger partial charge on any atom is -0.441 e. The Labute approximate surface area is 89.1 Å². The average Bonchev–Trinajstić information content (AvgIpc) is 2.57. The summed E-state index contributed by atoms with van der Waals surface area (Å²) in [5, 5.41) is 0. The molecule has 0 aliphatic heterocycles. The zero-order valence-electron chi connectivity index (χ0n) is 9.33. The fraction of sp³-hybridized carbons (Fsp3) is 0.417. The van der Waals surface area contributed by atoms with Gasteiger partial charge in [0.2, 0.25) is 0 Å². The van der Waals surface area contributed by atoms with E-state index < -0.39 is 0 Å². The maximum atomic E-state index is 5.64. The lowest BCUT2D eigenvalue weighted by molar-refractivity contribution is 0.196. The van der Waals surface area contributed by atoms with Crippen LogP contribution in [0.15, 0.2) is 16.5 Å². The number of ether oxygens (including phenoxy) is 1. The van der Waals surface area contributed by atoms with Gasteiger partial charge in [-0.05, 0) is 31.0 Å². The van der Waals surface area contributed by atoms with Gasteiger partial charge in [-0.2, -0.15) is 0 Å². The van der Waals surface area contributed by atoms with Crippen LogP contribution in [0.4, 0.5) is 0 Å². The zero-order chi connectivity index (χ0) is 10.8. The molecule has 2 rings (SSSR count).